The van der Waals surface area contributed by atoms with Gasteiger partial charge in [0.25, 0.3) is 11.8 Å². The Kier molecular flexibility index (Phi) is 5.57. The number of carbonyl (C=O) groups is 2. The highest BCUT2D eigenvalue weighted by Crippen LogP contribution is 2.32. The Morgan fingerprint density at radius 1 is 1.17 bits per heavy atom. The van der Waals surface area contributed by atoms with Crippen molar-refractivity contribution in [2.45, 2.75) is 18.9 Å². The minimum atomic E-state index is -1.13. The molecule has 0 aliphatic carbocycles. The number of hydrogen-bond acceptors (Lipinski definition) is 3. The second kappa shape index (κ2) is 7.96. The second-order valence-corrected chi connectivity index (χ2v) is 7.46. The number of amides is 2. The number of carbonyl (C=O) groups excluding carboxylic acids is 2. The van der Waals surface area contributed by atoms with Gasteiger partial charge in [-0.05, 0) is 42.3 Å². The predicted octanol–water partition coefficient (Wildman–Crippen LogP) is 3.61. The lowest BCUT2D eigenvalue weighted by atomic mass is 9.86. The zero-order valence-corrected chi connectivity index (χ0v) is 17.1. The number of likely N-dealkylation sites (N-methyl/N-ethyl adjacent to an activating group) is 2. The molecular weight excluding hydrogens is 381 g/mol. The van der Waals surface area contributed by atoms with E-state index in [-0.39, 0.29) is 29.7 Å². The zero-order chi connectivity index (χ0) is 22.1. The Bertz CT molecular complexity index is 1100. The zero-order valence-electron chi connectivity index (χ0n) is 17.1. The highest BCUT2D eigenvalue weighted by molar-refractivity contribution is 6.09. The average molecular weight is 403 g/mol. The minimum absolute atomic E-state index is 0.171. The van der Waals surface area contributed by atoms with Crippen molar-refractivity contribution in [1.29, 1.82) is 5.26 Å². The fourth-order valence-electron chi connectivity index (χ4n) is 3.66. The van der Waals surface area contributed by atoms with Crippen LogP contribution < -0.4 is 0 Å². The maximum Gasteiger partial charge on any atom is 0.271 e. The first-order valence-electron chi connectivity index (χ1n) is 9.41. The number of halogens is 1. The molecule has 1 unspecified atom stereocenters. The van der Waals surface area contributed by atoms with E-state index in [9.17, 15) is 19.2 Å². The second-order valence-electron chi connectivity index (χ2n) is 7.46. The number of rotatable bonds is 4. The minimum Gasteiger partial charge on any atom is -0.326 e. The monoisotopic (exact) mass is 403 g/mol. The highest BCUT2D eigenvalue weighted by Gasteiger charge is 2.48. The lowest BCUT2D eigenvalue weighted by molar-refractivity contribution is -0.155. The van der Waals surface area contributed by atoms with Crippen LogP contribution in [0.5, 0.6) is 0 Å². The van der Waals surface area contributed by atoms with Crippen molar-refractivity contribution in [3.63, 3.8) is 0 Å². The van der Waals surface area contributed by atoms with Crippen LogP contribution in [0.3, 0.4) is 0 Å². The van der Waals surface area contributed by atoms with E-state index < -0.39 is 5.54 Å². The van der Waals surface area contributed by atoms with Gasteiger partial charge in [-0.3, -0.25) is 9.59 Å². The van der Waals surface area contributed by atoms with Crippen LogP contribution >= 0.6 is 0 Å². The number of benzene rings is 2. The van der Waals surface area contributed by atoms with E-state index in [1.165, 1.54) is 21.9 Å². The molecule has 1 saturated heterocycles. The summed E-state index contributed by atoms with van der Waals surface area (Å²) in [5.74, 6) is -0.973. The SMILES string of the molecule is C=Cc1cccc(C#N)c1/C=C1\C(=O)N(C)C(C)(Cc2ccc(F)cc2)C(=O)N1C. The van der Waals surface area contributed by atoms with Crippen LogP contribution in [0.25, 0.3) is 12.2 Å². The fourth-order valence-corrected chi connectivity index (χ4v) is 3.66. The summed E-state index contributed by atoms with van der Waals surface area (Å²) in [6.45, 7) is 5.46. The van der Waals surface area contributed by atoms with Crippen molar-refractivity contribution in [2.75, 3.05) is 14.1 Å². The van der Waals surface area contributed by atoms with E-state index in [0.717, 1.165) is 5.56 Å². The normalized spacial score (nSPS) is 20.4. The van der Waals surface area contributed by atoms with Crippen LogP contribution in [0, 0.1) is 17.1 Å². The molecule has 1 atom stereocenters. The molecule has 5 nitrogen and oxygen atoms in total. The number of piperazine rings is 1. The van der Waals surface area contributed by atoms with Gasteiger partial charge in [-0.2, -0.15) is 5.26 Å². The van der Waals surface area contributed by atoms with Gasteiger partial charge in [-0.15, -0.1) is 0 Å². The standard InChI is InChI=1S/C24H22FN3O2/c1-5-17-7-6-8-18(15-26)20(17)13-21-22(29)28(4)24(2,23(30)27(21)3)14-16-9-11-19(25)12-10-16/h5-13H,1,14H2,2-4H3/b21-13+. The van der Waals surface area contributed by atoms with Crippen molar-refractivity contribution in [2.24, 2.45) is 0 Å². The molecule has 0 aromatic heterocycles. The van der Waals surface area contributed by atoms with Crippen LogP contribution in [0.2, 0.25) is 0 Å². The number of hydrogen-bond donors (Lipinski definition) is 0. The summed E-state index contributed by atoms with van der Waals surface area (Å²) >= 11 is 0. The number of nitrogens with zero attached hydrogens (tertiary/aromatic N) is 3. The van der Waals surface area contributed by atoms with E-state index in [4.69, 9.17) is 0 Å². The molecule has 0 bridgehead atoms. The van der Waals surface area contributed by atoms with Gasteiger partial charge in [0.15, 0.2) is 0 Å². The summed E-state index contributed by atoms with van der Waals surface area (Å²) in [5, 5.41) is 9.45. The molecule has 1 fully saturated rings. The quantitative estimate of drug-likeness (QED) is 0.733. The van der Waals surface area contributed by atoms with Gasteiger partial charge >= 0.3 is 0 Å². The summed E-state index contributed by atoms with van der Waals surface area (Å²) in [6.07, 6.45) is 3.41. The van der Waals surface area contributed by atoms with Crippen LogP contribution in [0.15, 0.2) is 54.7 Å². The lowest BCUT2D eigenvalue weighted by Crippen LogP contribution is -2.64. The average Bonchev–Trinajstić information content (AvgIpc) is 2.75. The van der Waals surface area contributed by atoms with Crippen LogP contribution in [0.1, 0.15) is 29.2 Å². The predicted molar refractivity (Wildman–Crippen MR) is 113 cm³/mol. The van der Waals surface area contributed by atoms with Gasteiger partial charge in [-0.1, -0.05) is 36.9 Å². The van der Waals surface area contributed by atoms with Crippen molar-refractivity contribution in [3.05, 3.63) is 82.8 Å². The maximum atomic E-state index is 13.3. The molecule has 152 valence electrons. The Morgan fingerprint density at radius 3 is 2.43 bits per heavy atom. The first-order chi connectivity index (χ1) is 14.2. The van der Waals surface area contributed by atoms with Gasteiger partial charge in [0.2, 0.25) is 0 Å². The Morgan fingerprint density at radius 2 is 1.83 bits per heavy atom. The van der Waals surface area contributed by atoms with E-state index in [1.807, 2.05) is 0 Å². The van der Waals surface area contributed by atoms with Gasteiger partial charge < -0.3 is 9.80 Å². The topological polar surface area (TPSA) is 64.4 Å². The molecule has 30 heavy (non-hydrogen) atoms. The molecule has 2 amide bonds. The highest BCUT2D eigenvalue weighted by atomic mass is 19.1. The van der Waals surface area contributed by atoms with E-state index in [1.54, 1.807) is 63.5 Å². The third-order valence-corrected chi connectivity index (χ3v) is 5.61. The van der Waals surface area contributed by atoms with Gasteiger partial charge in [0.05, 0.1) is 11.6 Å². The van der Waals surface area contributed by atoms with Gasteiger partial charge in [0, 0.05) is 26.1 Å². The third kappa shape index (κ3) is 3.50. The molecule has 1 aliphatic rings. The van der Waals surface area contributed by atoms with Crippen molar-refractivity contribution in [3.8, 4) is 6.07 Å². The van der Waals surface area contributed by atoms with E-state index >= 15 is 0 Å². The van der Waals surface area contributed by atoms with Gasteiger partial charge in [-0.25, -0.2) is 4.39 Å². The Balaban J connectivity index is 2.04. The molecule has 1 heterocycles. The third-order valence-electron chi connectivity index (χ3n) is 5.61. The largest absolute Gasteiger partial charge is 0.326 e. The maximum absolute atomic E-state index is 13.3. The fraction of sp³-hybridized carbons (Fsp3) is 0.208. The summed E-state index contributed by atoms with van der Waals surface area (Å²) in [4.78, 5) is 29.3. The molecule has 3 rings (SSSR count). The lowest BCUT2D eigenvalue weighted by Gasteiger charge is -2.45. The van der Waals surface area contributed by atoms with Crippen molar-refractivity contribution >= 4 is 24.0 Å². The van der Waals surface area contributed by atoms with E-state index in [2.05, 4.69) is 12.6 Å². The molecule has 0 spiro atoms. The van der Waals surface area contributed by atoms with E-state index in [0.29, 0.717) is 16.7 Å². The molecule has 0 saturated carbocycles. The summed E-state index contributed by atoms with van der Waals surface area (Å²) in [6, 6.07) is 13.2. The summed E-state index contributed by atoms with van der Waals surface area (Å²) in [7, 11) is 3.12. The van der Waals surface area contributed by atoms with Gasteiger partial charge in [0.1, 0.15) is 17.1 Å². The molecular formula is C24H22FN3O2. The molecule has 1 aliphatic heterocycles. The molecule has 0 radical (unpaired) electrons. The first-order valence-corrected chi connectivity index (χ1v) is 9.41. The molecule has 2 aromatic rings. The van der Waals surface area contributed by atoms with Crippen LogP contribution in [-0.4, -0.2) is 41.2 Å². The Hall–Kier alpha value is -3.72. The first kappa shape index (κ1) is 21.0. The van der Waals surface area contributed by atoms with Crippen molar-refractivity contribution < 1.29 is 14.0 Å². The van der Waals surface area contributed by atoms with Crippen LogP contribution in [0.4, 0.5) is 4.39 Å². The van der Waals surface area contributed by atoms with Crippen LogP contribution in [-0.2, 0) is 16.0 Å². The number of nitriles is 1. The molecule has 0 N–H and O–H groups in total. The summed E-state index contributed by atoms with van der Waals surface area (Å²) in [5.41, 5.74) is 1.40. The molecule has 2 aromatic carbocycles. The van der Waals surface area contributed by atoms with Crippen molar-refractivity contribution in [1.82, 2.24) is 9.80 Å². The summed E-state index contributed by atoms with van der Waals surface area (Å²) < 4.78 is 13.2. The molecule has 6 heteroatoms. The Labute approximate surface area is 175 Å². The smallest absolute Gasteiger partial charge is 0.271 e.